The number of esters is 1. The van der Waals surface area contributed by atoms with E-state index in [1.165, 1.54) is 14.0 Å². The Hall–Kier alpha value is -3.61. The Morgan fingerprint density at radius 3 is 2.52 bits per heavy atom. The number of carbonyl (C=O) groups excluding carboxylic acids is 3. The fourth-order valence-electron chi connectivity index (χ4n) is 2.44. The van der Waals surface area contributed by atoms with Gasteiger partial charge in [-0.3, -0.25) is 9.59 Å². The Balaban J connectivity index is 1.83. The number of benzene rings is 2. The topological polar surface area (TPSA) is 90.9 Å². The number of nitrogens with one attached hydrogen (secondary N) is 1. The predicted molar refractivity (Wildman–Crippen MR) is 109 cm³/mol. The molecule has 7 heteroatoms. The van der Waals surface area contributed by atoms with Crippen LogP contribution < -0.4 is 14.8 Å². The molecule has 2 rings (SSSR count). The highest BCUT2D eigenvalue weighted by atomic mass is 16.6. The van der Waals surface area contributed by atoms with Gasteiger partial charge in [0, 0.05) is 11.3 Å². The SMILES string of the molecule is C/C=C/c1ccc(OCC(=O)OCC(=O)Nc2cccc(C(C)=O)c2)c(OC)c1. The second kappa shape index (κ2) is 10.7. The van der Waals surface area contributed by atoms with Crippen LogP contribution in [0.25, 0.3) is 6.08 Å². The van der Waals surface area contributed by atoms with Gasteiger partial charge in [-0.1, -0.05) is 30.4 Å². The largest absolute Gasteiger partial charge is 0.493 e. The monoisotopic (exact) mass is 397 g/mol. The molecule has 0 aliphatic carbocycles. The third-order valence-electron chi connectivity index (χ3n) is 3.81. The number of methoxy groups -OCH3 is 1. The second-order valence-electron chi connectivity index (χ2n) is 6.04. The molecule has 2 aromatic rings. The molecule has 7 nitrogen and oxygen atoms in total. The molecule has 0 spiro atoms. The smallest absolute Gasteiger partial charge is 0.344 e. The summed E-state index contributed by atoms with van der Waals surface area (Å²) in [6.07, 6.45) is 3.80. The molecular weight excluding hydrogens is 374 g/mol. The molecular formula is C22H23NO6. The molecule has 0 radical (unpaired) electrons. The van der Waals surface area contributed by atoms with E-state index >= 15 is 0 Å². The van der Waals surface area contributed by atoms with E-state index in [-0.39, 0.29) is 12.4 Å². The van der Waals surface area contributed by atoms with Crippen LogP contribution >= 0.6 is 0 Å². The minimum Gasteiger partial charge on any atom is -0.493 e. The van der Waals surface area contributed by atoms with Crippen LogP contribution in [-0.2, 0) is 14.3 Å². The maximum absolute atomic E-state index is 11.9. The van der Waals surface area contributed by atoms with Crippen LogP contribution in [0, 0.1) is 0 Å². The molecule has 0 heterocycles. The van der Waals surface area contributed by atoms with Crippen molar-refractivity contribution in [1.29, 1.82) is 0 Å². The summed E-state index contributed by atoms with van der Waals surface area (Å²) in [4.78, 5) is 35.2. The number of anilines is 1. The van der Waals surface area contributed by atoms with Crippen molar-refractivity contribution in [3.8, 4) is 11.5 Å². The molecule has 152 valence electrons. The maximum atomic E-state index is 11.9. The van der Waals surface area contributed by atoms with Gasteiger partial charge in [0.25, 0.3) is 5.91 Å². The molecule has 0 bridgehead atoms. The molecule has 0 fully saturated rings. The van der Waals surface area contributed by atoms with Gasteiger partial charge in [0.1, 0.15) is 0 Å². The van der Waals surface area contributed by atoms with Crippen molar-refractivity contribution in [1.82, 2.24) is 0 Å². The number of allylic oxidation sites excluding steroid dienone is 1. The van der Waals surface area contributed by atoms with Crippen molar-refractivity contribution in [2.24, 2.45) is 0 Å². The van der Waals surface area contributed by atoms with Crippen LogP contribution in [0.1, 0.15) is 29.8 Å². The number of hydrogen-bond donors (Lipinski definition) is 1. The van der Waals surface area contributed by atoms with E-state index in [9.17, 15) is 14.4 Å². The summed E-state index contributed by atoms with van der Waals surface area (Å²) >= 11 is 0. The number of amides is 1. The lowest BCUT2D eigenvalue weighted by atomic mass is 10.1. The van der Waals surface area contributed by atoms with Gasteiger partial charge < -0.3 is 19.5 Å². The summed E-state index contributed by atoms with van der Waals surface area (Å²) in [6.45, 7) is 2.51. The van der Waals surface area contributed by atoms with E-state index in [1.807, 2.05) is 25.1 Å². The Labute approximate surface area is 169 Å². The standard InChI is InChI=1S/C22H23NO6/c1-4-6-16-9-10-19(20(11-16)27-3)28-14-22(26)29-13-21(25)23-18-8-5-7-17(12-18)15(2)24/h4-12H,13-14H2,1-3H3,(H,23,25)/b6-4+. The molecule has 2 aromatic carbocycles. The first-order chi connectivity index (χ1) is 13.9. The molecule has 29 heavy (non-hydrogen) atoms. The van der Waals surface area contributed by atoms with Crippen LogP contribution in [0.15, 0.2) is 48.5 Å². The van der Waals surface area contributed by atoms with Gasteiger partial charge in [0.05, 0.1) is 7.11 Å². The van der Waals surface area contributed by atoms with Gasteiger partial charge in [0.2, 0.25) is 0 Å². The van der Waals surface area contributed by atoms with Crippen molar-refractivity contribution < 1.29 is 28.6 Å². The minimum atomic E-state index is -0.697. The Bertz CT molecular complexity index is 919. The molecule has 0 saturated heterocycles. The van der Waals surface area contributed by atoms with Crippen LogP contribution in [0.5, 0.6) is 11.5 Å². The van der Waals surface area contributed by atoms with Gasteiger partial charge in [0.15, 0.2) is 30.5 Å². The van der Waals surface area contributed by atoms with Crippen LogP contribution in [0.3, 0.4) is 0 Å². The van der Waals surface area contributed by atoms with Gasteiger partial charge in [-0.05, 0) is 43.7 Å². The summed E-state index contributed by atoms with van der Waals surface area (Å²) in [5, 5.41) is 2.57. The number of hydrogen-bond acceptors (Lipinski definition) is 6. The molecule has 0 atom stereocenters. The second-order valence-corrected chi connectivity index (χ2v) is 6.04. The fourth-order valence-corrected chi connectivity index (χ4v) is 2.44. The van der Waals surface area contributed by atoms with E-state index in [2.05, 4.69) is 5.32 Å². The van der Waals surface area contributed by atoms with E-state index in [0.29, 0.717) is 22.7 Å². The van der Waals surface area contributed by atoms with E-state index in [4.69, 9.17) is 14.2 Å². The van der Waals surface area contributed by atoms with E-state index < -0.39 is 18.5 Å². The Kier molecular flexibility index (Phi) is 7.97. The average Bonchev–Trinajstić information content (AvgIpc) is 2.71. The van der Waals surface area contributed by atoms with Gasteiger partial charge >= 0.3 is 5.97 Å². The number of Topliss-reactive ketones (excluding diaryl/α,β-unsaturated/α-hetero) is 1. The summed E-state index contributed by atoms with van der Waals surface area (Å²) < 4.78 is 15.6. The van der Waals surface area contributed by atoms with Crippen molar-refractivity contribution in [2.75, 3.05) is 25.6 Å². The predicted octanol–water partition coefficient (Wildman–Crippen LogP) is 3.49. The van der Waals surface area contributed by atoms with Gasteiger partial charge in [-0.2, -0.15) is 0 Å². The average molecular weight is 397 g/mol. The van der Waals surface area contributed by atoms with E-state index in [1.54, 1.807) is 36.4 Å². The first kappa shape index (κ1) is 21.7. The number of rotatable bonds is 9. The lowest BCUT2D eigenvalue weighted by Crippen LogP contribution is -2.23. The van der Waals surface area contributed by atoms with Crippen LogP contribution in [0.4, 0.5) is 5.69 Å². The van der Waals surface area contributed by atoms with Gasteiger partial charge in [-0.25, -0.2) is 4.79 Å². The van der Waals surface area contributed by atoms with E-state index in [0.717, 1.165) is 5.56 Å². The molecule has 1 amide bonds. The zero-order valence-electron chi connectivity index (χ0n) is 16.6. The lowest BCUT2D eigenvalue weighted by Gasteiger charge is -2.11. The Morgan fingerprint density at radius 1 is 1.03 bits per heavy atom. The molecule has 0 unspecified atom stereocenters. The van der Waals surface area contributed by atoms with Crippen molar-refractivity contribution in [3.05, 3.63) is 59.7 Å². The molecule has 1 N–H and O–H groups in total. The minimum absolute atomic E-state index is 0.112. The number of ether oxygens (including phenoxy) is 3. The van der Waals surface area contributed by atoms with Gasteiger partial charge in [-0.15, -0.1) is 0 Å². The van der Waals surface area contributed by atoms with Crippen LogP contribution in [-0.4, -0.2) is 38.0 Å². The lowest BCUT2D eigenvalue weighted by molar-refractivity contribution is -0.149. The Morgan fingerprint density at radius 2 is 1.83 bits per heavy atom. The highest BCUT2D eigenvalue weighted by molar-refractivity contribution is 5.97. The summed E-state index contributed by atoms with van der Waals surface area (Å²) in [5.74, 6) is -0.455. The zero-order valence-corrected chi connectivity index (χ0v) is 16.6. The number of ketones is 1. The third kappa shape index (κ3) is 6.80. The molecule has 0 aliphatic heterocycles. The zero-order chi connectivity index (χ0) is 21.2. The normalized spacial score (nSPS) is 10.4. The fraction of sp³-hybridized carbons (Fsp3) is 0.227. The highest BCUT2D eigenvalue weighted by Gasteiger charge is 2.12. The van der Waals surface area contributed by atoms with Crippen molar-refractivity contribution in [2.45, 2.75) is 13.8 Å². The number of carbonyl (C=O) groups is 3. The maximum Gasteiger partial charge on any atom is 0.344 e. The first-order valence-corrected chi connectivity index (χ1v) is 8.93. The highest BCUT2D eigenvalue weighted by Crippen LogP contribution is 2.28. The quantitative estimate of drug-likeness (QED) is 0.514. The molecule has 0 aromatic heterocycles. The summed E-state index contributed by atoms with van der Waals surface area (Å²) in [5.41, 5.74) is 1.85. The van der Waals surface area contributed by atoms with Crippen molar-refractivity contribution in [3.63, 3.8) is 0 Å². The molecule has 0 saturated carbocycles. The first-order valence-electron chi connectivity index (χ1n) is 8.93. The van der Waals surface area contributed by atoms with Crippen LogP contribution in [0.2, 0.25) is 0 Å². The summed E-state index contributed by atoms with van der Waals surface area (Å²) in [6, 6.07) is 11.8. The third-order valence-corrected chi connectivity index (χ3v) is 3.81. The van der Waals surface area contributed by atoms with Crippen molar-refractivity contribution >= 4 is 29.4 Å². The summed E-state index contributed by atoms with van der Waals surface area (Å²) in [7, 11) is 1.51. The molecule has 0 aliphatic rings.